The number of methoxy groups -OCH3 is 1. The summed E-state index contributed by atoms with van der Waals surface area (Å²) in [6, 6.07) is 10.3. The van der Waals surface area contributed by atoms with Gasteiger partial charge in [-0.1, -0.05) is 6.07 Å². The molecular weight excluding hydrogens is 298 g/mol. The van der Waals surface area contributed by atoms with E-state index < -0.39 is 18.0 Å². The topological polar surface area (TPSA) is 77.8 Å². The second-order valence-electron chi connectivity index (χ2n) is 4.65. The molecule has 6 nitrogen and oxygen atoms in total. The predicted octanol–water partition coefficient (Wildman–Crippen LogP) is 2.87. The summed E-state index contributed by atoms with van der Waals surface area (Å²) < 4.78 is 15.2. The predicted molar refractivity (Wildman–Crippen MR) is 84.9 cm³/mol. The Hall–Kier alpha value is -3.02. The smallest absolute Gasteiger partial charge is 0.331 e. The van der Waals surface area contributed by atoms with Gasteiger partial charge in [-0.3, -0.25) is 4.79 Å². The van der Waals surface area contributed by atoms with E-state index in [1.165, 1.54) is 32.4 Å². The number of hydrogen-bond donors (Lipinski definition) is 1. The van der Waals surface area contributed by atoms with Gasteiger partial charge in [-0.15, -0.1) is 0 Å². The van der Waals surface area contributed by atoms with Crippen LogP contribution in [-0.4, -0.2) is 25.1 Å². The van der Waals surface area contributed by atoms with Crippen molar-refractivity contribution in [2.45, 2.75) is 13.0 Å². The van der Waals surface area contributed by atoms with Crippen molar-refractivity contribution >= 4 is 23.6 Å². The summed E-state index contributed by atoms with van der Waals surface area (Å²) >= 11 is 0. The van der Waals surface area contributed by atoms with Crippen LogP contribution in [-0.2, 0) is 14.3 Å². The first-order valence-electron chi connectivity index (χ1n) is 6.95. The van der Waals surface area contributed by atoms with Crippen LogP contribution in [0.3, 0.4) is 0 Å². The fraction of sp³-hybridized carbons (Fsp3) is 0.176. The molecule has 0 spiro atoms. The number of ether oxygens (including phenoxy) is 2. The van der Waals surface area contributed by atoms with Crippen molar-refractivity contribution in [3.63, 3.8) is 0 Å². The Bertz CT molecular complexity index is 691. The molecule has 0 aliphatic rings. The lowest BCUT2D eigenvalue weighted by Gasteiger charge is -2.12. The molecule has 0 saturated carbocycles. The summed E-state index contributed by atoms with van der Waals surface area (Å²) in [5, 5.41) is 2.65. The number of hydrogen-bond acceptors (Lipinski definition) is 5. The lowest BCUT2D eigenvalue weighted by molar-refractivity contribution is -0.148. The number of esters is 1. The molecule has 2 rings (SSSR count). The zero-order chi connectivity index (χ0) is 16.7. The first kappa shape index (κ1) is 16.4. The van der Waals surface area contributed by atoms with E-state index in [0.717, 1.165) is 0 Å². The van der Waals surface area contributed by atoms with Gasteiger partial charge in [0.15, 0.2) is 6.10 Å². The average Bonchev–Trinajstić information content (AvgIpc) is 3.06. The summed E-state index contributed by atoms with van der Waals surface area (Å²) in [6.45, 7) is 1.49. The first-order chi connectivity index (χ1) is 11.1. The van der Waals surface area contributed by atoms with Crippen LogP contribution < -0.4 is 10.1 Å². The van der Waals surface area contributed by atoms with E-state index in [1.807, 2.05) is 0 Å². The largest absolute Gasteiger partial charge is 0.497 e. The Balaban J connectivity index is 1.87. The third-order valence-corrected chi connectivity index (χ3v) is 2.93. The number of furan rings is 1. The molecule has 0 aliphatic heterocycles. The summed E-state index contributed by atoms with van der Waals surface area (Å²) in [6.07, 6.45) is 3.23. The van der Waals surface area contributed by atoms with E-state index in [9.17, 15) is 9.59 Å². The number of rotatable bonds is 6. The van der Waals surface area contributed by atoms with Gasteiger partial charge in [0.25, 0.3) is 5.91 Å². The van der Waals surface area contributed by atoms with Gasteiger partial charge >= 0.3 is 5.97 Å². The lowest BCUT2D eigenvalue weighted by Crippen LogP contribution is -2.29. The highest BCUT2D eigenvalue weighted by Crippen LogP contribution is 2.17. The van der Waals surface area contributed by atoms with Crippen LogP contribution in [0.5, 0.6) is 5.75 Å². The van der Waals surface area contributed by atoms with E-state index in [4.69, 9.17) is 13.9 Å². The van der Waals surface area contributed by atoms with E-state index in [0.29, 0.717) is 17.2 Å². The van der Waals surface area contributed by atoms with Crippen LogP contribution in [0.2, 0.25) is 0 Å². The molecule has 0 bridgehead atoms. The third-order valence-electron chi connectivity index (χ3n) is 2.93. The summed E-state index contributed by atoms with van der Waals surface area (Å²) in [4.78, 5) is 23.7. The maximum Gasteiger partial charge on any atom is 0.331 e. The Labute approximate surface area is 133 Å². The summed E-state index contributed by atoms with van der Waals surface area (Å²) in [7, 11) is 1.54. The molecular formula is C17H17NO5. The Morgan fingerprint density at radius 3 is 2.78 bits per heavy atom. The molecule has 1 amide bonds. The van der Waals surface area contributed by atoms with Crippen LogP contribution in [0.4, 0.5) is 5.69 Å². The monoisotopic (exact) mass is 315 g/mol. The van der Waals surface area contributed by atoms with Crippen molar-refractivity contribution in [1.82, 2.24) is 0 Å². The van der Waals surface area contributed by atoms with Gasteiger partial charge in [0.1, 0.15) is 11.5 Å². The third kappa shape index (κ3) is 5.03. The molecule has 0 radical (unpaired) electrons. The molecule has 6 heteroatoms. The number of carbonyl (C=O) groups excluding carboxylic acids is 2. The Morgan fingerprint density at radius 2 is 2.09 bits per heavy atom. The van der Waals surface area contributed by atoms with Crippen LogP contribution in [0.15, 0.2) is 53.2 Å². The van der Waals surface area contributed by atoms with Crippen molar-refractivity contribution in [1.29, 1.82) is 0 Å². The highest BCUT2D eigenvalue weighted by molar-refractivity contribution is 5.96. The van der Waals surface area contributed by atoms with Crippen LogP contribution >= 0.6 is 0 Å². The summed E-state index contributed by atoms with van der Waals surface area (Å²) in [5.74, 6) is 0.0805. The minimum absolute atomic E-state index is 0.432. The number of benzene rings is 1. The van der Waals surface area contributed by atoms with E-state index in [1.54, 1.807) is 36.4 Å². The summed E-state index contributed by atoms with van der Waals surface area (Å²) in [5.41, 5.74) is 0.559. The minimum atomic E-state index is -0.935. The lowest BCUT2D eigenvalue weighted by atomic mass is 10.3. The van der Waals surface area contributed by atoms with Gasteiger partial charge in [-0.25, -0.2) is 4.79 Å². The average molecular weight is 315 g/mol. The number of carbonyl (C=O) groups is 2. The molecule has 2 aromatic rings. The Kier molecular flexibility index (Phi) is 5.57. The second-order valence-corrected chi connectivity index (χ2v) is 4.65. The van der Waals surface area contributed by atoms with Crippen molar-refractivity contribution < 1.29 is 23.5 Å². The first-order valence-corrected chi connectivity index (χ1v) is 6.95. The molecule has 120 valence electrons. The molecule has 23 heavy (non-hydrogen) atoms. The minimum Gasteiger partial charge on any atom is -0.497 e. The SMILES string of the molecule is COc1cccc(NC(=O)[C@@H](C)OC(=O)/C=C/c2ccco2)c1. The maximum absolute atomic E-state index is 12.0. The van der Waals surface area contributed by atoms with E-state index in [2.05, 4.69) is 5.32 Å². The quantitative estimate of drug-likeness (QED) is 0.655. The van der Waals surface area contributed by atoms with E-state index >= 15 is 0 Å². The molecule has 0 aliphatic carbocycles. The molecule has 1 aromatic carbocycles. The van der Waals surface area contributed by atoms with Crippen molar-refractivity contribution in [3.8, 4) is 5.75 Å². The van der Waals surface area contributed by atoms with Gasteiger partial charge in [0.2, 0.25) is 0 Å². The fourth-order valence-electron chi connectivity index (χ4n) is 1.75. The highest BCUT2D eigenvalue weighted by Gasteiger charge is 2.16. The molecule has 0 saturated heterocycles. The van der Waals surface area contributed by atoms with Crippen LogP contribution in [0.1, 0.15) is 12.7 Å². The zero-order valence-corrected chi connectivity index (χ0v) is 12.8. The highest BCUT2D eigenvalue weighted by atomic mass is 16.5. The van der Waals surface area contributed by atoms with Crippen LogP contribution in [0.25, 0.3) is 6.08 Å². The van der Waals surface area contributed by atoms with Gasteiger partial charge in [-0.2, -0.15) is 0 Å². The van der Waals surface area contributed by atoms with Gasteiger partial charge in [0, 0.05) is 17.8 Å². The number of nitrogens with one attached hydrogen (secondary N) is 1. The molecule has 1 atom stereocenters. The normalized spacial score (nSPS) is 11.9. The number of anilines is 1. The van der Waals surface area contributed by atoms with Gasteiger partial charge in [-0.05, 0) is 37.3 Å². The fourth-order valence-corrected chi connectivity index (χ4v) is 1.75. The second kappa shape index (κ2) is 7.84. The van der Waals surface area contributed by atoms with Crippen LogP contribution in [0, 0.1) is 0 Å². The van der Waals surface area contributed by atoms with E-state index in [-0.39, 0.29) is 0 Å². The van der Waals surface area contributed by atoms with Crippen molar-refractivity contribution in [2.75, 3.05) is 12.4 Å². The maximum atomic E-state index is 12.0. The molecule has 1 aromatic heterocycles. The zero-order valence-electron chi connectivity index (χ0n) is 12.8. The molecule has 0 fully saturated rings. The molecule has 1 heterocycles. The van der Waals surface area contributed by atoms with Gasteiger partial charge in [0.05, 0.1) is 13.4 Å². The van der Waals surface area contributed by atoms with Gasteiger partial charge < -0.3 is 19.2 Å². The standard InChI is InChI=1S/C17H17NO5/c1-12(23-16(19)9-8-14-7-4-10-22-14)17(20)18-13-5-3-6-15(11-13)21-2/h3-12H,1-2H3,(H,18,20)/b9-8+/t12-/m1/s1. The van der Waals surface area contributed by atoms with Crippen molar-refractivity contribution in [3.05, 3.63) is 54.5 Å². The molecule has 0 unspecified atom stereocenters. The Morgan fingerprint density at radius 1 is 1.26 bits per heavy atom. The number of amides is 1. The molecule has 1 N–H and O–H groups in total. The van der Waals surface area contributed by atoms with Crippen molar-refractivity contribution in [2.24, 2.45) is 0 Å².